The second-order valence-corrected chi connectivity index (χ2v) is 7.47. The van der Waals surface area contributed by atoms with Gasteiger partial charge in [0, 0.05) is 23.4 Å². The minimum absolute atomic E-state index is 0.284. The number of fused-ring (bicyclic) bond motifs is 2. The van der Waals surface area contributed by atoms with Gasteiger partial charge >= 0.3 is 5.97 Å². The molecule has 0 N–H and O–H groups in total. The zero-order valence-corrected chi connectivity index (χ0v) is 17.4. The van der Waals surface area contributed by atoms with Crippen LogP contribution in [0.3, 0.4) is 0 Å². The number of hydrogen-bond donors (Lipinski definition) is 0. The van der Waals surface area contributed by atoms with Gasteiger partial charge in [-0.15, -0.1) is 0 Å². The predicted molar refractivity (Wildman–Crippen MR) is 122 cm³/mol. The molecule has 2 aromatic heterocycles. The number of carbonyl (C=O) groups excluding carboxylic acids is 1. The number of rotatable bonds is 4. The highest BCUT2D eigenvalue weighted by Gasteiger charge is 2.21. The van der Waals surface area contributed by atoms with Crippen LogP contribution in [-0.2, 0) is 4.74 Å². The number of aryl methyl sites for hydroxylation is 1. The SMILES string of the molecule is CCOC(=O)c1c(-c2ccc3ccccc3c2)cnc2cc(-c3ccc(C)cc3)nn12. The maximum absolute atomic E-state index is 13.0. The van der Waals surface area contributed by atoms with Gasteiger partial charge < -0.3 is 4.74 Å². The van der Waals surface area contributed by atoms with E-state index in [4.69, 9.17) is 9.84 Å². The van der Waals surface area contributed by atoms with Crippen molar-refractivity contribution < 1.29 is 9.53 Å². The molecule has 0 aliphatic carbocycles. The van der Waals surface area contributed by atoms with Gasteiger partial charge in [0.2, 0.25) is 0 Å². The number of esters is 1. The Morgan fingerprint density at radius 2 is 1.68 bits per heavy atom. The Labute approximate surface area is 179 Å². The van der Waals surface area contributed by atoms with Gasteiger partial charge in [-0.2, -0.15) is 5.10 Å². The van der Waals surface area contributed by atoms with Crippen molar-refractivity contribution in [1.82, 2.24) is 14.6 Å². The number of carbonyl (C=O) groups is 1. The molecule has 152 valence electrons. The van der Waals surface area contributed by atoms with E-state index in [2.05, 4.69) is 23.2 Å². The minimum atomic E-state index is -0.420. The van der Waals surface area contributed by atoms with Gasteiger partial charge in [0.25, 0.3) is 0 Å². The standard InChI is InChI=1S/C26H21N3O2/c1-3-31-26(30)25-22(21-13-12-18-6-4-5-7-20(18)14-21)16-27-24-15-23(28-29(24)25)19-10-8-17(2)9-11-19/h4-16H,3H2,1-2H3. The van der Waals surface area contributed by atoms with E-state index in [0.717, 1.165) is 27.6 Å². The van der Waals surface area contributed by atoms with Crippen LogP contribution in [0.25, 0.3) is 38.8 Å². The Balaban J connectivity index is 1.72. The lowest BCUT2D eigenvalue weighted by atomic mass is 10.0. The fraction of sp³-hybridized carbons (Fsp3) is 0.115. The lowest BCUT2D eigenvalue weighted by molar-refractivity contribution is 0.0517. The Morgan fingerprint density at radius 1 is 0.935 bits per heavy atom. The second-order valence-electron chi connectivity index (χ2n) is 7.47. The van der Waals surface area contributed by atoms with Gasteiger partial charge in [0.15, 0.2) is 11.3 Å². The van der Waals surface area contributed by atoms with Crippen molar-refractivity contribution >= 4 is 22.4 Å². The molecule has 0 saturated heterocycles. The quantitative estimate of drug-likeness (QED) is 0.359. The highest BCUT2D eigenvalue weighted by molar-refractivity contribution is 5.98. The van der Waals surface area contributed by atoms with Gasteiger partial charge in [0.05, 0.1) is 12.3 Å². The molecule has 3 aromatic carbocycles. The van der Waals surface area contributed by atoms with Crippen molar-refractivity contribution in [3.63, 3.8) is 0 Å². The van der Waals surface area contributed by atoms with Gasteiger partial charge in [-0.3, -0.25) is 0 Å². The third-order valence-corrected chi connectivity index (χ3v) is 5.36. The normalized spacial score (nSPS) is 11.2. The maximum Gasteiger partial charge on any atom is 0.357 e. The molecule has 5 aromatic rings. The van der Waals surface area contributed by atoms with Crippen LogP contribution >= 0.6 is 0 Å². The van der Waals surface area contributed by atoms with Crippen molar-refractivity contribution in [2.24, 2.45) is 0 Å². The molecule has 0 atom stereocenters. The first kappa shape index (κ1) is 19.0. The van der Waals surface area contributed by atoms with Gasteiger partial charge in [0.1, 0.15) is 0 Å². The molecular formula is C26H21N3O2. The van der Waals surface area contributed by atoms with Crippen molar-refractivity contribution in [3.8, 4) is 22.4 Å². The topological polar surface area (TPSA) is 56.5 Å². The lowest BCUT2D eigenvalue weighted by Gasteiger charge is -2.11. The van der Waals surface area contributed by atoms with Crippen molar-refractivity contribution in [1.29, 1.82) is 0 Å². The molecule has 0 unspecified atom stereocenters. The molecule has 0 bridgehead atoms. The fourth-order valence-electron chi connectivity index (χ4n) is 3.76. The number of benzene rings is 3. The average molecular weight is 407 g/mol. The molecule has 2 heterocycles. The molecule has 0 aliphatic heterocycles. The van der Waals surface area contributed by atoms with E-state index in [1.807, 2.05) is 61.5 Å². The summed E-state index contributed by atoms with van der Waals surface area (Å²) in [7, 11) is 0. The van der Waals surface area contributed by atoms with Crippen molar-refractivity contribution in [2.45, 2.75) is 13.8 Å². The second kappa shape index (κ2) is 7.69. The zero-order valence-electron chi connectivity index (χ0n) is 17.4. The molecule has 31 heavy (non-hydrogen) atoms. The summed E-state index contributed by atoms with van der Waals surface area (Å²) in [6.45, 7) is 4.13. The van der Waals surface area contributed by atoms with E-state index < -0.39 is 5.97 Å². The number of hydrogen-bond acceptors (Lipinski definition) is 4. The zero-order chi connectivity index (χ0) is 21.4. The average Bonchev–Trinajstić information content (AvgIpc) is 3.23. The van der Waals surface area contributed by atoms with Crippen molar-refractivity contribution in [3.05, 3.63) is 90.3 Å². The molecule has 0 spiro atoms. The van der Waals surface area contributed by atoms with Gasteiger partial charge in [-0.05, 0) is 36.2 Å². The highest BCUT2D eigenvalue weighted by atomic mass is 16.5. The smallest absolute Gasteiger partial charge is 0.357 e. The molecule has 5 rings (SSSR count). The van der Waals surface area contributed by atoms with Crippen LogP contribution in [0.15, 0.2) is 79.0 Å². The predicted octanol–water partition coefficient (Wildman–Crippen LogP) is 5.70. The number of ether oxygens (including phenoxy) is 1. The van der Waals surface area contributed by atoms with Crippen LogP contribution in [0.1, 0.15) is 23.0 Å². The van der Waals surface area contributed by atoms with E-state index in [-0.39, 0.29) is 6.61 Å². The highest BCUT2D eigenvalue weighted by Crippen LogP contribution is 2.29. The molecule has 0 saturated carbocycles. The molecule has 0 amide bonds. The van der Waals surface area contributed by atoms with Gasteiger partial charge in [-0.1, -0.05) is 66.2 Å². The fourth-order valence-corrected chi connectivity index (χ4v) is 3.76. The largest absolute Gasteiger partial charge is 0.461 e. The number of nitrogens with zero attached hydrogens (tertiary/aromatic N) is 3. The first-order valence-corrected chi connectivity index (χ1v) is 10.3. The van der Waals surface area contributed by atoms with Crippen LogP contribution in [-0.4, -0.2) is 27.2 Å². The summed E-state index contributed by atoms with van der Waals surface area (Å²) in [6.07, 6.45) is 1.73. The molecule has 5 nitrogen and oxygen atoms in total. The van der Waals surface area contributed by atoms with E-state index in [1.54, 1.807) is 17.6 Å². The van der Waals surface area contributed by atoms with E-state index >= 15 is 0 Å². The third kappa shape index (κ3) is 3.44. The molecule has 0 aliphatic rings. The van der Waals surface area contributed by atoms with E-state index in [1.165, 1.54) is 5.56 Å². The van der Waals surface area contributed by atoms with Gasteiger partial charge in [-0.25, -0.2) is 14.3 Å². The van der Waals surface area contributed by atoms with Crippen LogP contribution in [0, 0.1) is 6.92 Å². The Bertz CT molecular complexity index is 1420. The van der Waals surface area contributed by atoms with E-state index in [0.29, 0.717) is 16.9 Å². The first-order valence-electron chi connectivity index (χ1n) is 10.3. The Kier molecular flexibility index (Phi) is 4.71. The van der Waals surface area contributed by atoms with Crippen LogP contribution in [0.2, 0.25) is 0 Å². The Morgan fingerprint density at radius 3 is 2.45 bits per heavy atom. The molecule has 0 fully saturated rings. The summed E-state index contributed by atoms with van der Waals surface area (Å²) >= 11 is 0. The molecular weight excluding hydrogens is 386 g/mol. The van der Waals surface area contributed by atoms with Crippen LogP contribution < -0.4 is 0 Å². The minimum Gasteiger partial charge on any atom is -0.461 e. The summed E-state index contributed by atoms with van der Waals surface area (Å²) < 4.78 is 6.98. The summed E-state index contributed by atoms with van der Waals surface area (Å²) in [5, 5.41) is 6.95. The lowest BCUT2D eigenvalue weighted by Crippen LogP contribution is -2.14. The van der Waals surface area contributed by atoms with E-state index in [9.17, 15) is 4.79 Å². The van der Waals surface area contributed by atoms with Crippen LogP contribution in [0.4, 0.5) is 0 Å². The summed E-state index contributed by atoms with van der Waals surface area (Å²) in [5.74, 6) is -0.420. The third-order valence-electron chi connectivity index (χ3n) is 5.36. The number of aromatic nitrogens is 3. The maximum atomic E-state index is 13.0. The summed E-state index contributed by atoms with van der Waals surface area (Å²) in [6, 6.07) is 24.2. The summed E-state index contributed by atoms with van der Waals surface area (Å²) in [4.78, 5) is 17.6. The first-order chi connectivity index (χ1) is 15.1. The summed E-state index contributed by atoms with van der Waals surface area (Å²) in [5.41, 5.74) is 5.46. The Hall–Kier alpha value is -3.99. The molecule has 5 heteroatoms. The van der Waals surface area contributed by atoms with Crippen LogP contribution in [0.5, 0.6) is 0 Å². The van der Waals surface area contributed by atoms with Crippen molar-refractivity contribution in [2.75, 3.05) is 6.61 Å². The molecule has 0 radical (unpaired) electrons. The monoisotopic (exact) mass is 407 g/mol.